The molecule has 1 aliphatic rings. The van der Waals surface area contributed by atoms with Gasteiger partial charge in [-0.05, 0) is 55.2 Å². The van der Waals surface area contributed by atoms with Crippen LogP contribution in [0.25, 0.3) is 0 Å². The Balaban J connectivity index is 1.46. The zero-order valence-electron chi connectivity index (χ0n) is 18.2. The molecular formula is C24H31N3O4. The summed E-state index contributed by atoms with van der Waals surface area (Å²) in [5.74, 6) is 1.28. The topological polar surface area (TPSA) is 79.9 Å². The molecule has 0 radical (unpaired) electrons. The maximum Gasteiger partial charge on any atom is 0.253 e. The molecule has 1 heterocycles. The molecule has 2 aromatic rings. The molecule has 166 valence electrons. The van der Waals surface area contributed by atoms with Gasteiger partial charge in [0.15, 0.2) is 0 Å². The fourth-order valence-electron chi connectivity index (χ4n) is 3.42. The van der Waals surface area contributed by atoms with Crippen molar-refractivity contribution in [1.29, 1.82) is 0 Å². The number of ether oxygens (including phenoxy) is 2. The molecule has 0 saturated carbocycles. The average molecular weight is 426 g/mol. The number of methoxy groups -OCH3 is 1. The van der Waals surface area contributed by atoms with E-state index in [-0.39, 0.29) is 18.4 Å². The monoisotopic (exact) mass is 425 g/mol. The lowest BCUT2D eigenvalue weighted by Gasteiger charge is -2.30. The van der Waals surface area contributed by atoms with E-state index >= 15 is 0 Å². The van der Waals surface area contributed by atoms with Crippen LogP contribution in [0.3, 0.4) is 0 Å². The van der Waals surface area contributed by atoms with E-state index in [1.165, 1.54) is 0 Å². The van der Waals surface area contributed by atoms with Gasteiger partial charge in [-0.25, -0.2) is 0 Å². The second-order valence-corrected chi connectivity index (χ2v) is 7.82. The second kappa shape index (κ2) is 11.4. The fraction of sp³-hybridized carbons (Fsp3) is 0.417. The number of benzene rings is 2. The van der Waals surface area contributed by atoms with Crippen molar-refractivity contribution in [3.05, 3.63) is 54.1 Å². The SMILES string of the molecule is COCCOc1cccc(NCC(=O)Nc2ccc(C(=O)N3CCC(C)CC3)cc2)c1. The van der Waals surface area contributed by atoms with Crippen LogP contribution >= 0.6 is 0 Å². The minimum Gasteiger partial charge on any atom is -0.491 e. The molecule has 1 fully saturated rings. The minimum atomic E-state index is -0.171. The van der Waals surface area contributed by atoms with Gasteiger partial charge >= 0.3 is 0 Å². The largest absolute Gasteiger partial charge is 0.491 e. The van der Waals surface area contributed by atoms with Gasteiger partial charge in [0.05, 0.1) is 13.2 Å². The molecule has 0 bridgehead atoms. The van der Waals surface area contributed by atoms with E-state index in [9.17, 15) is 9.59 Å². The van der Waals surface area contributed by atoms with Crippen molar-refractivity contribution in [1.82, 2.24) is 4.90 Å². The molecule has 0 spiro atoms. The van der Waals surface area contributed by atoms with Crippen molar-refractivity contribution < 1.29 is 19.1 Å². The highest BCUT2D eigenvalue weighted by Crippen LogP contribution is 2.20. The molecule has 1 saturated heterocycles. The molecule has 0 aromatic heterocycles. The Morgan fingerprint density at radius 1 is 1.03 bits per heavy atom. The average Bonchev–Trinajstić information content (AvgIpc) is 2.79. The fourth-order valence-corrected chi connectivity index (χ4v) is 3.42. The molecule has 0 aliphatic carbocycles. The van der Waals surface area contributed by atoms with Crippen LogP contribution in [0.2, 0.25) is 0 Å². The molecule has 7 heteroatoms. The van der Waals surface area contributed by atoms with Gasteiger partial charge in [-0.1, -0.05) is 13.0 Å². The number of amides is 2. The summed E-state index contributed by atoms with van der Waals surface area (Å²) in [5.41, 5.74) is 2.10. The van der Waals surface area contributed by atoms with Crippen LogP contribution in [0, 0.1) is 5.92 Å². The van der Waals surface area contributed by atoms with Crippen molar-refractivity contribution in [3.8, 4) is 5.75 Å². The van der Waals surface area contributed by atoms with Crippen LogP contribution in [-0.2, 0) is 9.53 Å². The second-order valence-electron chi connectivity index (χ2n) is 7.82. The number of rotatable bonds is 9. The van der Waals surface area contributed by atoms with Crippen LogP contribution in [0.15, 0.2) is 48.5 Å². The van der Waals surface area contributed by atoms with Gasteiger partial charge < -0.3 is 25.0 Å². The van der Waals surface area contributed by atoms with Gasteiger partial charge in [0, 0.05) is 43.2 Å². The predicted octanol–water partition coefficient (Wildman–Crippen LogP) is 3.63. The molecule has 2 aromatic carbocycles. The summed E-state index contributed by atoms with van der Waals surface area (Å²) in [6, 6.07) is 14.5. The van der Waals surface area contributed by atoms with Crippen molar-refractivity contribution in [3.63, 3.8) is 0 Å². The molecular weight excluding hydrogens is 394 g/mol. The molecule has 2 amide bonds. The zero-order chi connectivity index (χ0) is 22.1. The van der Waals surface area contributed by atoms with E-state index in [2.05, 4.69) is 17.6 Å². The summed E-state index contributed by atoms with van der Waals surface area (Å²) >= 11 is 0. The normalized spacial score (nSPS) is 14.2. The summed E-state index contributed by atoms with van der Waals surface area (Å²) in [5, 5.41) is 5.93. The molecule has 0 atom stereocenters. The Hall–Kier alpha value is -3.06. The highest BCUT2D eigenvalue weighted by molar-refractivity contribution is 5.96. The Morgan fingerprint density at radius 2 is 1.77 bits per heavy atom. The first-order valence-corrected chi connectivity index (χ1v) is 10.7. The third-order valence-electron chi connectivity index (χ3n) is 5.33. The van der Waals surface area contributed by atoms with E-state index in [1.54, 1.807) is 31.4 Å². The van der Waals surface area contributed by atoms with Crippen molar-refractivity contribution >= 4 is 23.2 Å². The van der Waals surface area contributed by atoms with Crippen LogP contribution < -0.4 is 15.4 Å². The number of nitrogens with one attached hydrogen (secondary N) is 2. The van der Waals surface area contributed by atoms with Gasteiger partial charge in [0.2, 0.25) is 5.91 Å². The van der Waals surface area contributed by atoms with Crippen molar-refractivity contribution in [2.45, 2.75) is 19.8 Å². The van der Waals surface area contributed by atoms with Crippen molar-refractivity contribution in [2.75, 3.05) is 50.6 Å². The lowest BCUT2D eigenvalue weighted by atomic mass is 9.98. The van der Waals surface area contributed by atoms with E-state index < -0.39 is 0 Å². The van der Waals surface area contributed by atoms with Gasteiger partial charge in [0.1, 0.15) is 12.4 Å². The maximum atomic E-state index is 12.6. The van der Waals surface area contributed by atoms with Gasteiger partial charge in [-0.2, -0.15) is 0 Å². The summed E-state index contributed by atoms with van der Waals surface area (Å²) in [6.07, 6.45) is 2.10. The first kappa shape index (κ1) is 22.6. The van der Waals surface area contributed by atoms with Crippen molar-refractivity contribution in [2.24, 2.45) is 5.92 Å². The summed E-state index contributed by atoms with van der Waals surface area (Å²) in [7, 11) is 1.63. The van der Waals surface area contributed by atoms with Crippen LogP contribution in [0.4, 0.5) is 11.4 Å². The number of carbonyl (C=O) groups is 2. The third kappa shape index (κ3) is 7.00. The number of nitrogens with zero attached hydrogens (tertiary/aromatic N) is 1. The first-order chi connectivity index (χ1) is 15.0. The first-order valence-electron chi connectivity index (χ1n) is 10.7. The Morgan fingerprint density at radius 3 is 2.48 bits per heavy atom. The Labute approximate surface area is 183 Å². The lowest BCUT2D eigenvalue weighted by Crippen LogP contribution is -2.37. The summed E-state index contributed by atoms with van der Waals surface area (Å²) < 4.78 is 10.5. The number of hydrogen-bond donors (Lipinski definition) is 2. The number of carbonyl (C=O) groups excluding carboxylic acids is 2. The lowest BCUT2D eigenvalue weighted by molar-refractivity contribution is -0.114. The van der Waals surface area contributed by atoms with E-state index in [4.69, 9.17) is 9.47 Å². The highest BCUT2D eigenvalue weighted by atomic mass is 16.5. The number of anilines is 2. The Kier molecular flexibility index (Phi) is 8.29. The van der Waals surface area contributed by atoms with Crippen LogP contribution in [0.1, 0.15) is 30.1 Å². The van der Waals surface area contributed by atoms with E-state index in [0.29, 0.717) is 36.1 Å². The molecule has 7 nitrogen and oxygen atoms in total. The summed E-state index contributed by atoms with van der Waals surface area (Å²) in [4.78, 5) is 26.8. The molecule has 2 N–H and O–H groups in total. The molecule has 3 rings (SSSR count). The predicted molar refractivity (Wildman–Crippen MR) is 122 cm³/mol. The smallest absolute Gasteiger partial charge is 0.253 e. The number of hydrogen-bond acceptors (Lipinski definition) is 5. The maximum absolute atomic E-state index is 12.6. The molecule has 1 aliphatic heterocycles. The Bertz CT molecular complexity index is 861. The number of likely N-dealkylation sites (tertiary alicyclic amines) is 1. The van der Waals surface area contributed by atoms with Gasteiger partial charge in [-0.3, -0.25) is 9.59 Å². The standard InChI is InChI=1S/C24H31N3O4/c1-18-10-12-27(13-11-18)24(29)19-6-8-20(9-7-19)26-23(28)17-25-21-4-3-5-22(16-21)31-15-14-30-2/h3-9,16,18,25H,10-15,17H2,1-2H3,(H,26,28). The quantitative estimate of drug-likeness (QED) is 0.600. The molecule has 0 unspecified atom stereocenters. The van der Waals surface area contributed by atoms with E-state index in [0.717, 1.165) is 31.6 Å². The van der Waals surface area contributed by atoms with Crippen LogP contribution in [-0.4, -0.2) is 56.7 Å². The zero-order valence-corrected chi connectivity index (χ0v) is 18.2. The van der Waals surface area contributed by atoms with Gasteiger partial charge in [0.25, 0.3) is 5.91 Å². The summed E-state index contributed by atoms with van der Waals surface area (Å²) in [6.45, 7) is 4.94. The molecule has 31 heavy (non-hydrogen) atoms. The van der Waals surface area contributed by atoms with Crippen LogP contribution in [0.5, 0.6) is 5.75 Å². The third-order valence-corrected chi connectivity index (χ3v) is 5.33. The number of piperidine rings is 1. The van der Waals surface area contributed by atoms with Gasteiger partial charge in [-0.15, -0.1) is 0 Å². The highest BCUT2D eigenvalue weighted by Gasteiger charge is 2.21. The minimum absolute atomic E-state index is 0.0547. The van der Waals surface area contributed by atoms with E-state index in [1.807, 2.05) is 29.2 Å².